The van der Waals surface area contributed by atoms with E-state index in [9.17, 15) is 0 Å². The molecule has 0 aromatic heterocycles. The number of aliphatic hydroxyl groups excluding tert-OH is 2. The third-order valence-electron chi connectivity index (χ3n) is 0.516. The van der Waals surface area contributed by atoms with Crippen LogP contribution in [0, 0.1) is 0 Å². The number of hydrogen-bond acceptors (Lipinski definition) is 4. The van der Waals surface area contributed by atoms with Crippen molar-refractivity contribution >= 4 is 0 Å². The number of rotatable bonds is 2. The molecule has 0 aromatic rings. The van der Waals surface area contributed by atoms with Crippen molar-refractivity contribution in [3.63, 3.8) is 0 Å². The van der Waals surface area contributed by atoms with Crippen molar-refractivity contribution < 1.29 is 105 Å². The molecule has 0 rings (SSSR count). The van der Waals surface area contributed by atoms with Crippen LogP contribution in [0.3, 0.4) is 0 Å². The Morgan fingerprint density at radius 1 is 0.588 bits per heavy atom. The molecule has 0 atom stereocenters. The summed E-state index contributed by atoms with van der Waals surface area (Å²) in [7, 11) is 0. The van der Waals surface area contributed by atoms with Gasteiger partial charge < -0.3 is 53.8 Å². The van der Waals surface area contributed by atoms with E-state index < -0.39 is 12.6 Å². The van der Waals surface area contributed by atoms with E-state index in [0.717, 1.165) is 0 Å². The van der Waals surface area contributed by atoms with Gasteiger partial charge in [0.15, 0.2) is 0 Å². The first-order valence-corrected chi connectivity index (χ1v) is 2.85. The summed E-state index contributed by atoms with van der Waals surface area (Å²) in [6.07, 6.45) is -2.45. The van der Waals surface area contributed by atoms with E-state index >= 15 is 0 Å². The molecule has 3 radical (unpaired) electrons. The molecule has 0 aliphatic heterocycles. The van der Waals surface area contributed by atoms with Crippen LogP contribution in [0.5, 0.6) is 0 Å². The molecule has 0 aromatic carbocycles. The van der Waals surface area contributed by atoms with Crippen LogP contribution in [-0.2, 0) is 51.2 Å². The van der Waals surface area contributed by atoms with E-state index in [1.807, 2.05) is 0 Å². The molecule has 17 heavy (non-hydrogen) atoms. The van der Waals surface area contributed by atoms with Crippen LogP contribution in [0.1, 0.15) is 0 Å². The molecule has 0 bridgehead atoms. The minimum absolute atomic E-state index is 0. The van der Waals surface area contributed by atoms with Gasteiger partial charge in [-0.2, -0.15) is 0 Å². The third kappa shape index (κ3) is 148. The summed E-state index contributed by atoms with van der Waals surface area (Å²) in [5.41, 5.74) is 6.37. The Bertz CT molecular complexity index is 66.7. The van der Waals surface area contributed by atoms with Gasteiger partial charge >= 0.3 is 0 Å². The fourth-order valence-corrected chi connectivity index (χ4v) is 0. The predicted octanol–water partition coefficient (Wildman–Crippen LogP) is -8.23. The van der Waals surface area contributed by atoms with Gasteiger partial charge in [0.25, 0.3) is 0 Å². The Morgan fingerprint density at radius 2 is 0.647 bits per heavy atom. The minimum atomic E-state index is -1.23. The van der Waals surface area contributed by atoms with E-state index in [2.05, 4.69) is 11.5 Å². The largest absolute Gasteiger partial charge is 0.412 e. The van der Waals surface area contributed by atoms with Crippen molar-refractivity contribution in [1.82, 2.24) is 0 Å². The first-order chi connectivity index (χ1) is 4.54. The van der Waals surface area contributed by atoms with Crippen LogP contribution in [0.4, 0.5) is 0 Å². The van der Waals surface area contributed by atoms with Gasteiger partial charge in [-0.15, -0.1) is 0 Å². The van der Waals surface area contributed by atoms with Crippen LogP contribution >= 0.6 is 0 Å². The van der Waals surface area contributed by atoms with Crippen LogP contribution < -0.4 is 11.5 Å². The molecule has 117 valence electrons. The molecule has 13 heteroatoms. The quantitative estimate of drug-likeness (QED) is 0.197. The van der Waals surface area contributed by atoms with Gasteiger partial charge in [0, 0.05) is 51.2 Å². The zero-order chi connectivity index (χ0) is 8.57. The van der Waals surface area contributed by atoms with Crippen molar-refractivity contribution in [1.29, 1.82) is 0 Å². The van der Waals surface area contributed by atoms with Crippen LogP contribution in [0.25, 0.3) is 0 Å². The molecule has 0 saturated heterocycles. The predicted molar refractivity (Wildman–Crippen MR) is 46.4 cm³/mol. The van der Waals surface area contributed by atoms with Crippen molar-refractivity contribution in [3.05, 3.63) is 0 Å². The average Bonchev–Trinajstić information content (AvgIpc) is 1.89. The van der Waals surface area contributed by atoms with Gasteiger partial charge in [0.1, 0.15) is 13.1 Å². The van der Waals surface area contributed by atoms with E-state index in [1.165, 1.54) is 0 Å². The second kappa shape index (κ2) is 53.4. The maximum atomic E-state index is 7.85. The molecule has 0 unspecified atom stereocenters. The summed E-state index contributed by atoms with van der Waals surface area (Å²) in [4.78, 5) is 0. The van der Waals surface area contributed by atoms with Crippen LogP contribution in [0.2, 0.25) is 0 Å². The summed E-state index contributed by atoms with van der Waals surface area (Å²) in [5, 5.41) is 31.4. The van der Waals surface area contributed by atoms with E-state index in [0.29, 0.717) is 0 Å². The van der Waals surface area contributed by atoms with Gasteiger partial charge in [-0.25, -0.2) is 0 Å². The van der Waals surface area contributed by atoms with Gasteiger partial charge in [0.05, 0.1) is 0 Å². The Hall–Kier alpha value is 1.16. The summed E-state index contributed by atoms with van der Waals surface area (Å²) in [6, 6.07) is 0. The molecule has 0 fully saturated rings. The summed E-state index contributed by atoms with van der Waals surface area (Å²) >= 11 is 0. The smallest absolute Gasteiger partial charge is 0.202 e. The fraction of sp³-hybridized carbons (Fsp3) is 1.00. The van der Waals surface area contributed by atoms with Crippen LogP contribution in [0.15, 0.2) is 0 Å². The van der Waals surface area contributed by atoms with E-state index in [4.69, 9.17) is 20.4 Å². The van der Waals surface area contributed by atoms with Crippen molar-refractivity contribution in [2.24, 2.45) is 0 Å². The number of hydrogen-bond donors (Lipinski definition) is 6. The van der Waals surface area contributed by atoms with Gasteiger partial charge in [-0.1, -0.05) is 0 Å². The van der Waals surface area contributed by atoms with E-state index in [1.54, 1.807) is 0 Å². The summed E-state index contributed by atoms with van der Waals surface area (Å²) < 4.78 is 0. The molecule has 0 spiro atoms. The second-order valence-corrected chi connectivity index (χ2v) is 1.54. The Morgan fingerprint density at radius 3 is 0.647 bits per heavy atom. The summed E-state index contributed by atoms with van der Waals surface area (Å²) in [6.45, 7) is 0.333. The monoisotopic (exact) mass is 393 g/mol. The molecular weight excluding hydrogens is 369 g/mol. The number of quaternary nitrogens is 2. The van der Waals surface area contributed by atoms with E-state index in [-0.39, 0.29) is 86.2 Å². The van der Waals surface area contributed by atoms with Gasteiger partial charge in [-0.3, -0.25) is 0 Å². The minimum Gasteiger partial charge on any atom is -0.412 e. The molecule has 0 aliphatic rings. The maximum absolute atomic E-state index is 7.85. The zero-order valence-electron chi connectivity index (χ0n) is 8.91. The molecule has 18 N–H and O–H groups in total. The molecule has 0 heterocycles. The molecule has 10 nitrogen and oxygen atoms in total. The fourth-order valence-electron chi connectivity index (χ4n) is 0. The Balaban J connectivity index is -0.00000000762. The first kappa shape index (κ1) is 63.7. The van der Waals surface area contributed by atoms with Gasteiger partial charge in [0.2, 0.25) is 12.6 Å². The summed E-state index contributed by atoms with van der Waals surface area (Å²) in [5.74, 6) is 0. The van der Waals surface area contributed by atoms with Crippen LogP contribution in [-0.4, -0.2) is 68.0 Å². The second-order valence-electron chi connectivity index (χ2n) is 1.54. The number of aliphatic hydroxyl groups is 4. The third-order valence-corrected chi connectivity index (χ3v) is 0.516. The SMILES string of the molecule is O.O.O.O.[Mn].[Mn].[Mn].[NH3+]CC(O)O.[NH3+]CC(O)O. The topological polar surface area (TPSA) is 262 Å². The van der Waals surface area contributed by atoms with Crippen molar-refractivity contribution in [2.45, 2.75) is 12.6 Å². The van der Waals surface area contributed by atoms with Crippen molar-refractivity contribution in [2.75, 3.05) is 13.1 Å². The molecule has 0 aliphatic carbocycles. The zero-order valence-corrected chi connectivity index (χ0v) is 12.4. The maximum Gasteiger partial charge on any atom is 0.202 e. The first-order valence-electron chi connectivity index (χ1n) is 2.85. The Kier molecular flexibility index (Phi) is 200. The van der Waals surface area contributed by atoms with Crippen molar-refractivity contribution in [3.8, 4) is 0 Å². The van der Waals surface area contributed by atoms with Gasteiger partial charge in [-0.05, 0) is 0 Å². The normalized spacial score (nSPS) is 5.65. The molecule has 0 saturated carbocycles. The Labute approximate surface area is 130 Å². The molecule has 0 amide bonds. The average molecular weight is 393 g/mol. The molecular formula is C4H24Mn3N2O8+2. The standard InChI is InChI=1S/2C2H7NO2.3Mn.4H2O/c2*3-1-2(4)5;;;;;;;/h2*2,4-5H,1,3H2;;;;4*1H2/p+2.